The molecule has 0 bridgehead atoms. The third-order valence-corrected chi connectivity index (χ3v) is 8.58. The number of fused-ring (bicyclic) bond motifs is 1. The summed E-state index contributed by atoms with van der Waals surface area (Å²) in [6, 6.07) is 12.3. The van der Waals surface area contributed by atoms with Crippen molar-refractivity contribution in [3.63, 3.8) is 0 Å². The van der Waals surface area contributed by atoms with Crippen molar-refractivity contribution >= 4 is 39.8 Å². The van der Waals surface area contributed by atoms with E-state index in [1.54, 1.807) is 18.4 Å². The van der Waals surface area contributed by atoms with Gasteiger partial charge < -0.3 is 14.7 Å². The molecule has 0 radical (unpaired) electrons. The zero-order valence-electron chi connectivity index (χ0n) is 20.4. The third kappa shape index (κ3) is 7.42. The Kier molecular flexibility index (Phi) is 9.41. The van der Waals surface area contributed by atoms with Gasteiger partial charge in [0.2, 0.25) is 0 Å². The number of likely N-dealkylation sites (tertiary alicyclic amines) is 1. The summed E-state index contributed by atoms with van der Waals surface area (Å²) >= 11 is 7.73. The fourth-order valence-electron chi connectivity index (χ4n) is 5.42. The average molecular weight is 515 g/mol. The number of aromatic nitrogens is 1. The van der Waals surface area contributed by atoms with Gasteiger partial charge in [-0.15, -0.1) is 11.3 Å². The predicted octanol–water partition coefficient (Wildman–Crippen LogP) is 6.72. The molecule has 0 saturated carbocycles. The molecule has 4 rings (SSSR count). The van der Waals surface area contributed by atoms with E-state index < -0.39 is 5.97 Å². The lowest BCUT2D eigenvalue weighted by Crippen LogP contribution is -2.41. The maximum absolute atomic E-state index is 11.3. The Morgan fingerprint density at radius 3 is 2.83 bits per heavy atom. The van der Waals surface area contributed by atoms with E-state index in [0.717, 1.165) is 85.6 Å². The Hall–Kier alpha value is -2.15. The van der Waals surface area contributed by atoms with E-state index in [9.17, 15) is 9.90 Å². The smallest absolute Gasteiger partial charge is 0.303 e. The fraction of sp³-hybridized carbons (Fsp3) is 0.500. The fourth-order valence-corrected chi connectivity index (χ4v) is 6.55. The second-order valence-electron chi connectivity index (χ2n) is 9.60. The number of aliphatic carboxylic acids is 1. The summed E-state index contributed by atoms with van der Waals surface area (Å²) in [6.07, 6.45) is 9.49. The number of nitrogens with zero attached hydrogens (tertiary/aromatic N) is 2. The number of piperidine rings is 1. The van der Waals surface area contributed by atoms with E-state index >= 15 is 0 Å². The molecule has 1 aromatic carbocycles. The summed E-state index contributed by atoms with van der Waals surface area (Å²) in [5.41, 5.74) is 2.31. The molecule has 2 atom stereocenters. The monoisotopic (exact) mass is 514 g/mol. The van der Waals surface area contributed by atoms with E-state index in [1.165, 1.54) is 10.4 Å². The lowest BCUT2D eigenvalue weighted by atomic mass is 9.79. The lowest BCUT2D eigenvalue weighted by Gasteiger charge is -2.39. The molecule has 2 aromatic heterocycles. The van der Waals surface area contributed by atoms with Crippen LogP contribution in [0.3, 0.4) is 0 Å². The molecule has 35 heavy (non-hydrogen) atoms. The highest BCUT2D eigenvalue weighted by atomic mass is 35.5. The number of methoxy groups -OCH3 is 1. The van der Waals surface area contributed by atoms with Gasteiger partial charge in [0.05, 0.1) is 17.0 Å². The molecule has 188 valence electrons. The molecule has 1 aliphatic rings. The summed E-state index contributed by atoms with van der Waals surface area (Å²) in [6.45, 7) is 3.18. The standard InChI is InChI=1S/C28H35ClN2O3S/c1-34-23-8-10-26-25(18-23)21(13-15-30-26)5-2-4-20-14-17-31(19-22(20)7-12-28(32)33)16-3-6-24-9-11-27(29)35-24/h8-11,13,15,18,20,22H,2-7,12,14,16-17,19H2,1H3,(H,32,33)/t20-,22+/m1/s1. The van der Waals surface area contributed by atoms with Crippen LogP contribution in [0.2, 0.25) is 4.34 Å². The quantitative estimate of drug-likeness (QED) is 0.291. The van der Waals surface area contributed by atoms with Gasteiger partial charge in [-0.2, -0.15) is 0 Å². The van der Waals surface area contributed by atoms with Gasteiger partial charge in [0.25, 0.3) is 0 Å². The third-order valence-electron chi connectivity index (χ3n) is 7.29. The molecule has 1 saturated heterocycles. The van der Waals surface area contributed by atoms with Crippen LogP contribution in [0.1, 0.15) is 49.0 Å². The Morgan fingerprint density at radius 2 is 2.06 bits per heavy atom. The van der Waals surface area contributed by atoms with Crippen LogP contribution >= 0.6 is 22.9 Å². The second kappa shape index (κ2) is 12.7. The van der Waals surface area contributed by atoms with Crippen molar-refractivity contribution in [1.29, 1.82) is 0 Å². The first-order valence-corrected chi connectivity index (χ1v) is 13.8. The normalized spacial score (nSPS) is 18.7. The Bertz CT molecular complexity index is 1120. The molecule has 3 heterocycles. The van der Waals surface area contributed by atoms with Crippen molar-refractivity contribution in [2.75, 3.05) is 26.7 Å². The van der Waals surface area contributed by atoms with Crippen molar-refractivity contribution < 1.29 is 14.6 Å². The van der Waals surface area contributed by atoms with Crippen LogP contribution < -0.4 is 4.74 Å². The minimum Gasteiger partial charge on any atom is -0.497 e. The number of benzene rings is 1. The Morgan fingerprint density at radius 1 is 1.17 bits per heavy atom. The first-order valence-electron chi connectivity index (χ1n) is 12.6. The number of thiophene rings is 1. The molecule has 7 heteroatoms. The highest BCUT2D eigenvalue weighted by molar-refractivity contribution is 7.16. The number of carboxylic acid groups (broad SMARTS) is 1. The molecule has 0 unspecified atom stereocenters. The molecule has 5 nitrogen and oxygen atoms in total. The van der Waals surface area contributed by atoms with Crippen LogP contribution in [0.4, 0.5) is 0 Å². The van der Waals surface area contributed by atoms with Gasteiger partial charge in [-0.3, -0.25) is 9.78 Å². The molecule has 3 aromatic rings. The minimum absolute atomic E-state index is 0.261. The molecule has 1 N–H and O–H groups in total. The van der Waals surface area contributed by atoms with Crippen LogP contribution in [-0.4, -0.2) is 47.7 Å². The van der Waals surface area contributed by atoms with E-state index in [-0.39, 0.29) is 6.42 Å². The topological polar surface area (TPSA) is 62.7 Å². The number of aryl methyl sites for hydroxylation is 2. The molecular formula is C28H35ClN2O3S. The van der Waals surface area contributed by atoms with Crippen molar-refractivity contribution in [2.24, 2.45) is 11.8 Å². The van der Waals surface area contributed by atoms with Gasteiger partial charge in [0.1, 0.15) is 5.75 Å². The highest BCUT2D eigenvalue weighted by Crippen LogP contribution is 2.33. The maximum atomic E-state index is 11.3. The molecule has 0 amide bonds. The zero-order chi connectivity index (χ0) is 24.6. The Labute approximate surface area is 217 Å². The van der Waals surface area contributed by atoms with Crippen molar-refractivity contribution in [2.45, 2.75) is 51.4 Å². The number of hydrogen-bond acceptors (Lipinski definition) is 5. The number of carbonyl (C=O) groups is 1. The minimum atomic E-state index is -0.687. The van der Waals surface area contributed by atoms with Gasteiger partial charge in [-0.05, 0) is 112 Å². The number of carboxylic acids is 1. The Balaban J connectivity index is 1.31. The van der Waals surface area contributed by atoms with Gasteiger partial charge in [-0.1, -0.05) is 11.6 Å². The maximum Gasteiger partial charge on any atom is 0.303 e. The van der Waals surface area contributed by atoms with Crippen LogP contribution in [0.25, 0.3) is 10.9 Å². The molecular weight excluding hydrogens is 480 g/mol. The van der Waals surface area contributed by atoms with Crippen LogP contribution in [0, 0.1) is 11.8 Å². The summed E-state index contributed by atoms with van der Waals surface area (Å²) < 4.78 is 6.27. The summed E-state index contributed by atoms with van der Waals surface area (Å²) in [5.74, 6) is 1.21. The van der Waals surface area contributed by atoms with E-state index in [4.69, 9.17) is 16.3 Å². The molecule has 1 aliphatic heterocycles. The lowest BCUT2D eigenvalue weighted by molar-refractivity contribution is -0.137. The van der Waals surface area contributed by atoms with Crippen molar-refractivity contribution in [3.8, 4) is 5.75 Å². The molecule has 1 fully saturated rings. The average Bonchev–Trinajstić information content (AvgIpc) is 3.28. The van der Waals surface area contributed by atoms with E-state index in [2.05, 4.69) is 28.1 Å². The predicted molar refractivity (Wildman–Crippen MR) is 144 cm³/mol. The number of hydrogen-bond donors (Lipinski definition) is 1. The number of rotatable bonds is 12. The van der Waals surface area contributed by atoms with Gasteiger partial charge in [0.15, 0.2) is 0 Å². The SMILES string of the molecule is COc1ccc2nccc(CCC[C@@H]3CCN(CCCc4ccc(Cl)s4)C[C@@H]3CCC(=O)O)c2c1. The zero-order valence-corrected chi connectivity index (χ0v) is 22.0. The molecule has 0 spiro atoms. The van der Waals surface area contributed by atoms with Gasteiger partial charge in [0, 0.05) is 29.4 Å². The number of halogens is 1. The van der Waals surface area contributed by atoms with Crippen LogP contribution in [0.15, 0.2) is 42.6 Å². The summed E-state index contributed by atoms with van der Waals surface area (Å²) in [4.78, 5) is 19.7. The second-order valence-corrected chi connectivity index (χ2v) is 11.4. The molecule has 0 aliphatic carbocycles. The van der Waals surface area contributed by atoms with Gasteiger partial charge >= 0.3 is 5.97 Å². The van der Waals surface area contributed by atoms with E-state index in [0.29, 0.717) is 11.8 Å². The van der Waals surface area contributed by atoms with Crippen LogP contribution in [-0.2, 0) is 17.6 Å². The first-order chi connectivity index (χ1) is 17.0. The van der Waals surface area contributed by atoms with Crippen LogP contribution in [0.5, 0.6) is 5.75 Å². The van der Waals surface area contributed by atoms with Crippen molar-refractivity contribution in [3.05, 3.63) is 57.4 Å². The summed E-state index contributed by atoms with van der Waals surface area (Å²) in [5, 5.41) is 10.5. The highest BCUT2D eigenvalue weighted by Gasteiger charge is 2.29. The number of pyridine rings is 1. The number of ether oxygens (including phenoxy) is 1. The summed E-state index contributed by atoms with van der Waals surface area (Å²) in [7, 11) is 1.69. The van der Waals surface area contributed by atoms with E-state index in [1.807, 2.05) is 24.4 Å². The largest absolute Gasteiger partial charge is 0.497 e. The first kappa shape index (κ1) is 25.9. The van der Waals surface area contributed by atoms with Crippen molar-refractivity contribution in [1.82, 2.24) is 9.88 Å². The van der Waals surface area contributed by atoms with Gasteiger partial charge in [-0.25, -0.2) is 0 Å².